The maximum Gasteiger partial charge on any atom is 0.433 e. The van der Waals surface area contributed by atoms with E-state index >= 15 is 0 Å². The second-order valence-electron chi connectivity index (χ2n) is 5.09. The largest absolute Gasteiger partial charge is 0.433 e. The molecule has 0 aliphatic carbocycles. The van der Waals surface area contributed by atoms with Crippen LogP contribution in [-0.2, 0) is 11.0 Å². The average Bonchev–Trinajstić information content (AvgIpc) is 2.41. The lowest BCUT2D eigenvalue weighted by molar-refractivity contribution is -0.141. The van der Waals surface area contributed by atoms with E-state index in [1.54, 1.807) is 0 Å². The summed E-state index contributed by atoms with van der Waals surface area (Å²) in [5.74, 6) is -0.271. The number of alkyl halides is 3. The Labute approximate surface area is 120 Å². The number of hydrogen-bond acceptors (Lipinski definition) is 4. The molecule has 1 aliphatic rings. The summed E-state index contributed by atoms with van der Waals surface area (Å²) < 4.78 is 37.1. The number of hydrogen-bond donors (Lipinski definition) is 2. The van der Waals surface area contributed by atoms with Crippen molar-refractivity contribution in [2.45, 2.75) is 25.1 Å². The van der Waals surface area contributed by atoms with Crippen LogP contribution >= 0.6 is 0 Å². The highest BCUT2D eigenvalue weighted by Crippen LogP contribution is 2.27. The summed E-state index contributed by atoms with van der Waals surface area (Å²) in [6, 6.07) is 2.22. The minimum absolute atomic E-state index is 0.184. The number of likely N-dealkylation sites (tertiary alicyclic amines) is 1. The molecule has 21 heavy (non-hydrogen) atoms. The van der Waals surface area contributed by atoms with Crippen molar-refractivity contribution in [2.75, 3.05) is 25.0 Å². The highest BCUT2D eigenvalue weighted by Gasteiger charge is 2.32. The monoisotopic (exact) mass is 302 g/mol. The molecule has 8 heteroatoms. The SMILES string of the molecule is NC1CCN(CC(=O)Nc2ccc(C(F)(F)F)nc2)CC1. The number of nitrogens with two attached hydrogens (primary N) is 1. The van der Waals surface area contributed by atoms with Crippen molar-refractivity contribution < 1.29 is 18.0 Å². The Hall–Kier alpha value is -1.67. The lowest BCUT2D eigenvalue weighted by atomic mass is 10.1. The van der Waals surface area contributed by atoms with Gasteiger partial charge in [0.2, 0.25) is 5.91 Å². The van der Waals surface area contributed by atoms with Gasteiger partial charge in [-0.25, -0.2) is 4.98 Å². The Morgan fingerprint density at radius 2 is 2.05 bits per heavy atom. The summed E-state index contributed by atoms with van der Waals surface area (Å²) in [5.41, 5.74) is 5.04. The molecule has 0 aromatic carbocycles. The van der Waals surface area contributed by atoms with Crippen LogP contribution in [0.4, 0.5) is 18.9 Å². The molecular formula is C13H17F3N4O. The Bertz CT molecular complexity index is 481. The zero-order valence-corrected chi connectivity index (χ0v) is 11.4. The zero-order chi connectivity index (χ0) is 15.5. The minimum atomic E-state index is -4.48. The van der Waals surface area contributed by atoms with Gasteiger partial charge in [0.15, 0.2) is 0 Å². The van der Waals surface area contributed by atoms with Gasteiger partial charge in [0.1, 0.15) is 5.69 Å². The van der Waals surface area contributed by atoms with Gasteiger partial charge >= 0.3 is 6.18 Å². The Kier molecular flexibility index (Phi) is 4.79. The standard InChI is InChI=1S/C13H17F3N4O/c14-13(15,16)11-2-1-10(7-18-11)19-12(21)8-20-5-3-9(17)4-6-20/h1-2,7,9H,3-6,8,17H2,(H,19,21). The molecule has 0 unspecified atom stereocenters. The molecule has 1 fully saturated rings. The molecule has 2 rings (SSSR count). The van der Waals surface area contributed by atoms with Gasteiger partial charge in [0.05, 0.1) is 18.4 Å². The number of amides is 1. The molecule has 0 radical (unpaired) electrons. The first-order valence-electron chi connectivity index (χ1n) is 6.65. The van der Waals surface area contributed by atoms with Crippen LogP contribution in [0.2, 0.25) is 0 Å². The van der Waals surface area contributed by atoms with Crippen molar-refractivity contribution in [2.24, 2.45) is 5.73 Å². The van der Waals surface area contributed by atoms with E-state index in [-0.39, 0.29) is 24.2 Å². The highest BCUT2D eigenvalue weighted by molar-refractivity contribution is 5.92. The summed E-state index contributed by atoms with van der Waals surface area (Å²) in [6.07, 6.45) is -1.79. The molecule has 1 aromatic rings. The molecule has 1 aliphatic heterocycles. The summed E-state index contributed by atoms with van der Waals surface area (Å²) in [5, 5.41) is 2.54. The number of nitrogens with one attached hydrogen (secondary N) is 1. The summed E-state index contributed by atoms with van der Waals surface area (Å²) >= 11 is 0. The van der Waals surface area contributed by atoms with Crippen LogP contribution in [0.15, 0.2) is 18.3 Å². The number of anilines is 1. The van der Waals surface area contributed by atoms with Crippen LogP contribution in [0.5, 0.6) is 0 Å². The fourth-order valence-corrected chi connectivity index (χ4v) is 2.15. The van der Waals surface area contributed by atoms with Crippen LogP contribution in [0, 0.1) is 0 Å². The molecule has 5 nitrogen and oxygen atoms in total. The van der Waals surface area contributed by atoms with Crippen molar-refractivity contribution in [3.8, 4) is 0 Å². The van der Waals surface area contributed by atoms with Crippen molar-refractivity contribution in [3.63, 3.8) is 0 Å². The van der Waals surface area contributed by atoms with Gasteiger partial charge < -0.3 is 11.1 Å². The normalized spacial score (nSPS) is 17.7. The lowest BCUT2D eigenvalue weighted by Crippen LogP contribution is -2.43. The number of carbonyl (C=O) groups is 1. The zero-order valence-electron chi connectivity index (χ0n) is 11.4. The molecule has 0 saturated carbocycles. The third-order valence-corrected chi connectivity index (χ3v) is 3.34. The third-order valence-electron chi connectivity index (χ3n) is 3.34. The second kappa shape index (κ2) is 6.40. The van der Waals surface area contributed by atoms with Gasteiger partial charge in [-0.2, -0.15) is 13.2 Å². The van der Waals surface area contributed by atoms with Crippen LogP contribution < -0.4 is 11.1 Å². The Morgan fingerprint density at radius 1 is 1.38 bits per heavy atom. The van der Waals surface area contributed by atoms with Gasteiger partial charge in [-0.1, -0.05) is 0 Å². The number of carbonyl (C=O) groups excluding carboxylic acids is 1. The van der Waals surface area contributed by atoms with E-state index in [9.17, 15) is 18.0 Å². The van der Waals surface area contributed by atoms with Crippen molar-refractivity contribution >= 4 is 11.6 Å². The van der Waals surface area contributed by atoms with Gasteiger partial charge in [0.25, 0.3) is 0 Å². The van der Waals surface area contributed by atoms with Gasteiger partial charge in [0, 0.05) is 19.1 Å². The quantitative estimate of drug-likeness (QED) is 0.887. The van der Waals surface area contributed by atoms with E-state index in [1.807, 2.05) is 4.90 Å². The first-order valence-corrected chi connectivity index (χ1v) is 6.65. The smallest absolute Gasteiger partial charge is 0.328 e. The molecule has 2 heterocycles. The number of piperidine rings is 1. The molecule has 0 spiro atoms. The number of nitrogens with zero attached hydrogens (tertiary/aromatic N) is 2. The number of halogens is 3. The fraction of sp³-hybridized carbons (Fsp3) is 0.538. The number of rotatable bonds is 3. The molecule has 1 amide bonds. The molecule has 3 N–H and O–H groups in total. The number of aromatic nitrogens is 1. The van der Waals surface area contributed by atoms with Crippen LogP contribution in [0.1, 0.15) is 18.5 Å². The van der Waals surface area contributed by atoms with E-state index in [0.29, 0.717) is 0 Å². The van der Waals surface area contributed by atoms with E-state index in [4.69, 9.17) is 5.73 Å². The topological polar surface area (TPSA) is 71.2 Å². The Balaban J connectivity index is 1.85. The Morgan fingerprint density at radius 3 is 2.57 bits per heavy atom. The van der Waals surface area contributed by atoms with Crippen molar-refractivity contribution in [3.05, 3.63) is 24.0 Å². The van der Waals surface area contributed by atoms with Crippen LogP contribution in [0.25, 0.3) is 0 Å². The van der Waals surface area contributed by atoms with E-state index < -0.39 is 11.9 Å². The molecular weight excluding hydrogens is 285 g/mol. The molecule has 0 bridgehead atoms. The van der Waals surface area contributed by atoms with Gasteiger partial charge in [-0.3, -0.25) is 9.69 Å². The summed E-state index contributed by atoms with van der Waals surface area (Å²) in [4.78, 5) is 17.1. The lowest BCUT2D eigenvalue weighted by Gasteiger charge is -2.29. The van der Waals surface area contributed by atoms with E-state index in [0.717, 1.165) is 38.2 Å². The molecule has 1 aromatic heterocycles. The second-order valence-corrected chi connectivity index (χ2v) is 5.09. The van der Waals surface area contributed by atoms with Crippen LogP contribution in [-0.4, -0.2) is 41.5 Å². The predicted molar refractivity (Wildman–Crippen MR) is 71.5 cm³/mol. The third kappa shape index (κ3) is 4.68. The van der Waals surface area contributed by atoms with E-state index in [1.165, 1.54) is 6.07 Å². The van der Waals surface area contributed by atoms with Gasteiger partial charge in [-0.05, 0) is 25.0 Å². The first kappa shape index (κ1) is 15.7. The molecule has 116 valence electrons. The first-order chi connectivity index (χ1) is 9.84. The fourth-order valence-electron chi connectivity index (χ4n) is 2.15. The van der Waals surface area contributed by atoms with Gasteiger partial charge in [-0.15, -0.1) is 0 Å². The summed E-state index contributed by atoms with van der Waals surface area (Å²) in [7, 11) is 0. The minimum Gasteiger partial charge on any atom is -0.328 e. The molecule has 1 saturated heterocycles. The number of pyridine rings is 1. The summed E-state index contributed by atoms with van der Waals surface area (Å²) in [6.45, 7) is 1.70. The predicted octanol–water partition coefficient (Wildman–Crippen LogP) is 1.46. The average molecular weight is 302 g/mol. The maximum atomic E-state index is 12.4. The highest BCUT2D eigenvalue weighted by atomic mass is 19.4. The van der Waals surface area contributed by atoms with E-state index in [2.05, 4.69) is 10.3 Å². The van der Waals surface area contributed by atoms with Crippen LogP contribution in [0.3, 0.4) is 0 Å². The molecule has 0 atom stereocenters. The maximum absolute atomic E-state index is 12.4. The van der Waals surface area contributed by atoms with Crippen molar-refractivity contribution in [1.82, 2.24) is 9.88 Å². The van der Waals surface area contributed by atoms with Crippen molar-refractivity contribution in [1.29, 1.82) is 0 Å².